The maximum Gasteiger partial charge on any atom is 0.335 e. The van der Waals surface area contributed by atoms with Crippen LogP contribution in [-0.4, -0.2) is 26.1 Å². The van der Waals surface area contributed by atoms with Gasteiger partial charge >= 0.3 is 5.97 Å². The van der Waals surface area contributed by atoms with Gasteiger partial charge in [-0.15, -0.1) is 5.10 Å². The molecule has 0 bridgehead atoms. The van der Waals surface area contributed by atoms with E-state index in [4.69, 9.17) is 5.11 Å². The van der Waals surface area contributed by atoms with Crippen LogP contribution in [0, 0.1) is 5.41 Å². The molecule has 1 aromatic heterocycles. The summed E-state index contributed by atoms with van der Waals surface area (Å²) in [6.07, 6.45) is 3.67. The van der Waals surface area contributed by atoms with E-state index in [1.807, 2.05) is 4.68 Å². The van der Waals surface area contributed by atoms with Gasteiger partial charge in [-0.25, -0.2) is 9.48 Å². The smallest absolute Gasteiger partial charge is 0.335 e. The van der Waals surface area contributed by atoms with Crippen molar-refractivity contribution in [3.63, 3.8) is 0 Å². The van der Waals surface area contributed by atoms with Crippen molar-refractivity contribution < 1.29 is 9.90 Å². The number of hydrogen-bond acceptors (Lipinski definition) is 3. The molecule has 1 aromatic carbocycles. The minimum absolute atomic E-state index is 0.282. The van der Waals surface area contributed by atoms with Crippen LogP contribution in [0.15, 0.2) is 18.2 Å². The molecule has 0 amide bonds. The standard InChI is InChI=1S/C13H15N3O2/c1-13(5-2-6-13)8-16-11-7-9(12(17)18)3-4-10(11)14-15-16/h3-4,7H,2,5-6,8H2,1H3,(H,17,18). The second-order valence-electron chi connectivity index (χ2n) is 5.42. The molecule has 1 fully saturated rings. The average molecular weight is 245 g/mol. The van der Waals surface area contributed by atoms with Crippen LogP contribution in [-0.2, 0) is 6.54 Å². The summed E-state index contributed by atoms with van der Waals surface area (Å²) in [4.78, 5) is 11.0. The number of carboxylic acid groups (broad SMARTS) is 1. The van der Waals surface area contributed by atoms with Gasteiger partial charge in [-0.05, 0) is 36.5 Å². The van der Waals surface area contributed by atoms with Crippen molar-refractivity contribution in [2.24, 2.45) is 5.41 Å². The second-order valence-corrected chi connectivity index (χ2v) is 5.42. The zero-order valence-electron chi connectivity index (χ0n) is 10.3. The molecule has 0 saturated heterocycles. The maximum absolute atomic E-state index is 11.0. The van der Waals surface area contributed by atoms with Crippen LogP contribution >= 0.6 is 0 Å². The summed E-state index contributed by atoms with van der Waals surface area (Å²) in [6.45, 7) is 3.05. The SMILES string of the molecule is CC1(Cn2nnc3ccc(C(=O)O)cc32)CCC1. The molecule has 1 aliphatic rings. The third-order valence-corrected chi connectivity index (χ3v) is 3.85. The Balaban J connectivity index is 2.01. The monoisotopic (exact) mass is 245 g/mol. The lowest BCUT2D eigenvalue weighted by Gasteiger charge is -2.38. The molecule has 5 nitrogen and oxygen atoms in total. The third kappa shape index (κ3) is 1.75. The van der Waals surface area contributed by atoms with Crippen molar-refractivity contribution >= 4 is 17.0 Å². The summed E-state index contributed by atoms with van der Waals surface area (Å²) in [5, 5.41) is 17.2. The quantitative estimate of drug-likeness (QED) is 0.901. The summed E-state index contributed by atoms with van der Waals surface area (Å²) < 4.78 is 1.83. The molecule has 0 atom stereocenters. The van der Waals surface area contributed by atoms with Crippen LogP contribution in [0.25, 0.3) is 11.0 Å². The van der Waals surface area contributed by atoms with E-state index in [1.54, 1.807) is 18.2 Å². The molecule has 1 saturated carbocycles. The van der Waals surface area contributed by atoms with Crippen molar-refractivity contribution in [2.45, 2.75) is 32.7 Å². The molecule has 5 heteroatoms. The van der Waals surface area contributed by atoms with Crippen LogP contribution in [0.5, 0.6) is 0 Å². The van der Waals surface area contributed by atoms with Crippen molar-refractivity contribution in [1.29, 1.82) is 0 Å². The molecule has 0 aliphatic heterocycles. The first-order chi connectivity index (χ1) is 8.57. The molecule has 3 rings (SSSR count). The lowest BCUT2D eigenvalue weighted by atomic mass is 9.70. The Morgan fingerprint density at radius 1 is 1.50 bits per heavy atom. The fraction of sp³-hybridized carbons (Fsp3) is 0.462. The van der Waals surface area contributed by atoms with E-state index in [0.29, 0.717) is 5.41 Å². The van der Waals surface area contributed by atoms with Crippen LogP contribution in [0.1, 0.15) is 36.5 Å². The van der Waals surface area contributed by atoms with Crippen LogP contribution in [0.4, 0.5) is 0 Å². The molecule has 0 radical (unpaired) electrons. The number of aromatic nitrogens is 3. The van der Waals surface area contributed by atoms with E-state index in [2.05, 4.69) is 17.2 Å². The molecule has 94 valence electrons. The van der Waals surface area contributed by atoms with E-state index in [0.717, 1.165) is 17.6 Å². The number of carbonyl (C=O) groups is 1. The fourth-order valence-corrected chi connectivity index (χ4v) is 2.51. The van der Waals surface area contributed by atoms with Gasteiger partial charge in [0.2, 0.25) is 0 Å². The fourth-order valence-electron chi connectivity index (χ4n) is 2.51. The van der Waals surface area contributed by atoms with Gasteiger partial charge in [-0.3, -0.25) is 0 Å². The van der Waals surface area contributed by atoms with Gasteiger partial charge in [0.1, 0.15) is 5.52 Å². The highest BCUT2D eigenvalue weighted by Crippen LogP contribution is 2.41. The molecule has 0 spiro atoms. The van der Waals surface area contributed by atoms with Gasteiger partial charge in [0.05, 0.1) is 11.1 Å². The summed E-state index contributed by atoms with van der Waals surface area (Å²) in [7, 11) is 0. The summed E-state index contributed by atoms with van der Waals surface area (Å²) in [5.41, 5.74) is 2.13. The van der Waals surface area contributed by atoms with Crippen molar-refractivity contribution in [3.05, 3.63) is 23.8 Å². The highest BCUT2D eigenvalue weighted by Gasteiger charge is 2.32. The predicted molar refractivity (Wildman–Crippen MR) is 66.4 cm³/mol. The molecule has 0 unspecified atom stereocenters. The minimum atomic E-state index is -0.917. The molecule has 1 heterocycles. The van der Waals surface area contributed by atoms with Gasteiger partial charge in [-0.1, -0.05) is 18.6 Å². The van der Waals surface area contributed by atoms with Crippen molar-refractivity contribution in [3.8, 4) is 0 Å². The summed E-state index contributed by atoms with van der Waals surface area (Å²) in [6, 6.07) is 4.93. The lowest BCUT2D eigenvalue weighted by Crippen LogP contribution is -2.31. The van der Waals surface area contributed by atoms with Gasteiger partial charge in [-0.2, -0.15) is 0 Å². The Kier molecular flexibility index (Phi) is 2.36. The minimum Gasteiger partial charge on any atom is -0.478 e. The number of aromatic carboxylic acids is 1. The van der Waals surface area contributed by atoms with E-state index >= 15 is 0 Å². The first-order valence-corrected chi connectivity index (χ1v) is 6.14. The Hall–Kier alpha value is -1.91. The Bertz CT molecular complexity index is 614. The van der Waals surface area contributed by atoms with Gasteiger partial charge < -0.3 is 5.11 Å². The van der Waals surface area contributed by atoms with Crippen molar-refractivity contribution in [2.75, 3.05) is 0 Å². The zero-order chi connectivity index (χ0) is 12.8. The Morgan fingerprint density at radius 2 is 2.28 bits per heavy atom. The van der Waals surface area contributed by atoms with Gasteiger partial charge in [0.15, 0.2) is 0 Å². The van der Waals surface area contributed by atoms with E-state index in [-0.39, 0.29) is 5.56 Å². The molecule has 1 aliphatic carbocycles. The highest BCUT2D eigenvalue weighted by atomic mass is 16.4. The number of hydrogen-bond donors (Lipinski definition) is 1. The normalized spacial score (nSPS) is 17.6. The Morgan fingerprint density at radius 3 is 2.89 bits per heavy atom. The van der Waals surface area contributed by atoms with Gasteiger partial charge in [0, 0.05) is 6.54 Å². The van der Waals surface area contributed by atoms with Gasteiger partial charge in [0.25, 0.3) is 0 Å². The summed E-state index contributed by atoms with van der Waals surface area (Å²) >= 11 is 0. The predicted octanol–water partition coefficient (Wildman–Crippen LogP) is 2.32. The average Bonchev–Trinajstić information content (AvgIpc) is 2.69. The zero-order valence-corrected chi connectivity index (χ0v) is 10.3. The number of nitrogens with zero attached hydrogens (tertiary/aromatic N) is 3. The first kappa shape index (κ1) is 11.2. The number of benzene rings is 1. The maximum atomic E-state index is 11.0. The number of fused-ring (bicyclic) bond motifs is 1. The number of carboxylic acids is 1. The number of rotatable bonds is 3. The molecule has 2 aromatic rings. The molecular weight excluding hydrogens is 230 g/mol. The van der Waals surface area contributed by atoms with Crippen LogP contribution < -0.4 is 0 Å². The third-order valence-electron chi connectivity index (χ3n) is 3.85. The first-order valence-electron chi connectivity index (χ1n) is 6.14. The van der Waals surface area contributed by atoms with E-state index in [9.17, 15) is 4.79 Å². The van der Waals surface area contributed by atoms with E-state index in [1.165, 1.54) is 19.3 Å². The highest BCUT2D eigenvalue weighted by molar-refractivity contribution is 5.92. The van der Waals surface area contributed by atoms with Crippen LogP contribution in [0.2, 0.25) is 0 Å². The largest absolute Gasteiger partial charge is 0.478 e. The van der Waals surface area contributed by atoms with E-state index < -0.39 is 5.97 Å². The molecule has 1 N–H and O–H groups in total. The van der Waals surface area contributed by atoms with Crippen molar-refractivity contribution in [1.82, 2.24) is 15.0 Å². The molecular formula is C13H15N3O2. The lowest BCUT2D eigenvalue weighted by molar-refractivity contribution is 0.0697. The molecule has 18 heavy (non-hydrogen) atoms. The second kappa shape index (κ2) is 3.80. The van der Waals surface area contributed by atoms with Crippen LogP contribution in [0.3, 0.4) is 0 Å². The Labute approximate surface area is 104 Å². The topological polar surface area (TPSA) is 68.0 Å². The summed E-state index contributed by atoms with van der Waals surface area (Å²) in [5.74, 6) is -0.917.